The quantitative estimate of drug-likeness (QED) is 0.930. The number of piperidine rings is 1. The molecular formula is C15H23N5. The highest BCUT2D eigenvalue weighted by molar-refractivity contribution is 5.39. The molecule has 1 unspecified atom stereocenters. The second-order valence-corrected chi connectivity index (χ2v) is 5.86. The van der Waals surface area contributed by atoms with Gasteiger partial charge in [0.15, 0.2) is 11.5 Å². The fourth-order valence-corrected chi connectivity index (χ4v) is 3.05. The van der Waals surface area contributed by atoms with Gasteiger partial charge in [0, 0.05) is 18.8 Å². The van der Waals surface area contributed by atoms with Crippen molar-refractivity contribution in [1.29, 1.82) is 0 Å². The fraction of sp³-hybridized carbons (Fsp3) is 0.600. The van der Waals surface area contributed by atoms with Gasteiger partial charge in [0.05, 0.1) is 6.04 Å². The van der Waals surface area contributed by atoms with Gasteiger partial charge < -0.3 is 5.73 Å². The average molecular weight is 273 g/mol. The van der Waals surface area contributed by atoms with Crippen molar-refractivity contribution in [2.45, 2.75) is 51.7 Å². The van der Waals surface area contributed by atoms with Gasteiger partial charge in [-0.05, 0) is 44.9 Å². The lowest BCUT2D eigenvalue weighted by molar-refractivity contribution is 0.106. The van der Waals surface area contributed by atoms with Crippen LogP contribution in [0, 0.1) is 0 Å². The number of nitrogens with two attached hydrogens (primary N) is 1. The van der Waals surface area contributed by atoms with E-state index >= 15 is 0 Å². The Morgan fingerprint density at radius 1 is 1.35 bits per heavy atom. The van der Waals surface area contributed by atoms with Crippen LogP contribution in [0.5, 0.6) is 0 Å². The maximum atomic E-state index is 5.68. The van der Waals surface area contributed by atoms with E-state index in [9.17, 15) is 0 Å². The largest absolute Gasteiger partial charge is 0.326 e. The number of fused-ring (bicyclic) bond motifs is 1. The number of aromatic nitrogens is 3. The second-order valence-electron chi connectivity index (χ2n) is 5.86. The predicted octanol–water partition coefficient (Wildman–Crippen LogP) is 2.12. The number of likely N-dealkylation sites (tertiary alicyclic amines) is 1. The Morgan fingerprint density at radius 2 is 2.20 bits per heavy atom. The first kappa shape index (κ1) is 13.5. The van der Waals surface area contributed by atoms with E-state index in [1.807, 2.05) is 22.8 Å². The molecule has 5 nitrogen and oxygen atoms in total. The van der Waals surface area contributed by atoms with Gasteiger partial charge in [-0.3, -0.25) is 4.90 Å². The summed E-state index contributed by atoms with van der Waals surface area (Å²) in [5, 5.41) is 4.69. The van der Waals surface area contributed by atoms with Gasteiger partial charge in [-0.1, -0.05) is 12.5 Å². The van der Waals surface area contributed by atoms with Crippen LogP contribution in [0.1, 0.15) is 50.5 Å². The molecule has 0 saturated carbocycles. The van der Waals surface area contributed by atoms with Crippen molar-refractivity contribution >= 4 is 5.65 Å². The van der Waals surface area contributed by atoms with Crippen molar-refractivity contribution in [3.63, 3.8) is 0 Å². The summed E-state index contributed by atoms with van der Waals surface area (Å²) in [5.74, 6) is 0.951. The monoisotopic (exact) mass is 273 g/mol. The van der Waals surface area contributed by atoms with Crippen LogP contribution in [0.3, 0.4) is 0 Å². The van der Waals surface area contributed by atoms with Crippen LogP contribution in [0.15, 0.2) is 18.3 Å². The molecule has 2 aromatic heterocycles. The molecule has 0 aliphatic carbocycles. The number of nitrogens with zero attached hydrogens (tertiary/aromatic N) is 4. The summed E-state index contributed by atoms with van der Waals surface area (Å²) in [6, 6.07) is 4.91. The molecule has 1 saturated heterocycles. The zero-order valence-electron chi connectivity index (χ0n) is 12.3. The first-order valence-corrected chi connectivity index (χ1v) is 7.50. The summed E-state index contributed by atoms with van der Waals surface area (Å²) < 4.78 is 1.87. The molecule has 1 aliphatic heterocycles. The van der Waals surface area contributed by atoms with Crippen molar-refractivity contribution in [2.75, 3.05) is 6.54 Å². The van der Waals surface area contributed by atoms with E-state index in [1.165, 1.54) is 12.8 Å². The highest BCUT2D eigenvalue weighted by Crippen LogP contribution is 2.30. The van der Waals surface area contributed by atoms with Gasteiger partial charge in [0.2, 0.25) is 0 Å². The third-order valence-electron chi connectivity index (χ3n) is 4.15. The molecule has 1 fully saturated rings. The molecule has 2 N–H and O–H groups in total. The Balaban J connectivity index is 1.95. The SMILES string of the molecule is CC(C)N1CCCCC1c1nc2ccc(CN)cn2n1. The molecule has 2 aromatic rings. The van der Waals surface area contributed by atoms with Crippen molar-refractivity contribution in [3.05, 3.63) is 29.7 Å². The van der Waals surface area contributed by atoms with Crippen LogP contribution < -0.4 is 5.73 Å². The molecule has 0 aromatic carbocycles. The molecular weight excluding hydrogens is 250 g/mol. The molecule has 0 amide bonds. The summed E-state index contributed by atoms with van der Waals surface area (Å²) in [5.41, 5.74) is 7.67. The molecule has 20 heavy (non-hydrogen) atoms. The van der Waals surface area contributed by atoms with Gasteiger partial charge in [0.1, 0.15) is 0 Å². The molecule has 3 rings (SSSR count). The van der Waals surface area contributed by atoms with Gasteiger partial charge in [0.25, 0.3) is 0 Å². The average Bonchev–Trinajstić information content (AvgIpc) is 2.89. The predicted molar refractivity (Wildman–Crippen MR) is 79.3 cm³/mol. The van der Waals surface area contributed by atoms with Crippen molar-refractivity contribution in [1.82, 2.24) is 19.5 Å². The van der Waals surface area contributed by atoms with Gasteiger partial charge >= 0.3 is 0 Å². The summed E-state index contributed by atoms with van der Waals surface area (Å²) in [6.07, 6.45) is 5.67. The van der Waals surface area contributed by atoms with E-state index in [0.717, 1.165) is 30.0 Å². The minimum Gasteiger partial charge on any atom is -0.326 e. The molecule has 1 aliphatic rings. The summed E-state index contributed by atoms with van der Waals surface area (Å²) in [4.78, 5) is 7.23. The second kappa shape index (κ2) is 5.50. The van der Waals surface area contributed by atoms with E-state index in [-0.39, 0.29) is 0 Å². The summed E-state index contributed by atoms with van der Waals surface area (Å²) in [7, 11) is 0. The summed E-state index contributed by atoms with van der Waals surface area (Å²) in [6.45, 7) is 6.18. The van der Waals surface area contributed by atoms with E-state index < -0.39 is 0 Å². The highest BCUT2D eigenvalue weighted by Gasteiger charge is 2.28. The van der Waals surface area contributed by atoms with Gasteiger partial charge in [-0.15, -0.1) is 5.10 Å². The molecule has 5 heteroatoms. The first-order chi connectivity index (χ1) is 9.69. The van der Waals surface area contributed by atoms with Crippen LogP contribution in [0.2, 0.25) is 0 Å². The first-order valence-electron chi connectivity index (χ1n) is 7.50. The van der Waals surface area contributed by atoms with Crippen LogP contribution in [-0.2, 0) is 6.54 Å². The smallest absolute Gasteiger partial charge is 0.168 e. The molecule has 3 heterocycles. The lowest BCUT2D eigenvalue weighted by Gasteiger charge is -2.36. The van der Waals surface area contributed by atoms with Crippen molar-refractivity contribution < 1.29 is 0 Å². The standard InChI is InChI=1S/C15H23N5/c1-11(2)19-8-4-3-5-13(19)15-17-14-7-6-12(9-16)10-20(14)18-15/h6-7,10-11,13H,3-5,8-9,16H2,1-2H3. The lowest BCUT2D eigenvalue weighted by Crippen LogP contribution is -2.39. The third-order valence-corrected chi connectivity index (χ3v) is 4.15. The Hall–Kier alpha value is -1.46. The van der Waals surface area contributed by atoms with E-state index in [2.05, 4.69) is 23.8 Å². The third kappa shape index (κ3) is 2.43. The summed E-state index contributed by atoms with van der Waals surface area (Å²) >= 11 is 0. The number of hydrogen-bond donors (Lipinski definition) is 1. The Labute approximate surface area is 119 Å². The zero-order valence-corrected chi connectivity index (χ0v) is 12.3. The normalized spacial score (nSPS) is 20.9. The Kier molecular flexibility index (Phi) is 3.72. The Bertz CT molecular complexity index is 589. The molecule has 0 radical (unpaired) electrons. The van der Waals surface area contributed by atoms with Gasteiger partial charge in [-0.25, -0.2) is 9.50 Å². The lowest BCUT2D eigenvalue weighted by atomic mass is 10.00. The Morgan fingerprint density at radius 3 is 2.95 bits per heavy atom. The highest BCUT2D eigenvalue weighted by atomic mass is 15.3. The molecule has 0 spiro atoms. The van der Waals surface area contributed by atoms with Gasteiger partial charge in [-0.2, -0.15) is 0 Å². The number of pyridine rings is 1. The van der Waals surface area contributed by atoms with E-state index in [4.69, 9.17) is 10.7 Å². The maximum Gasteiger partial charge on any atom is 0.168 e. The number of rotatable bonds is 3. The minimum atomic E-state index is 0.352. The van der Waals surface area contributed by atoms with Crippen molar-refractivity contribution in [3.8, 4) is 0 Å². The van der Waals surface area contributed by atoms with Crippen LogP contribution in [0.4, 0.5) is 0 Å². The maximum absolute atomic E-state index is 5.68. The van der Waals surface area contributed by atoms with Crippen molar-refractivity contribution in [2.24, 2.45) is 5.73 Å². The number of hydrogen-bond acceptors (Lipinski definition) is 4. The molecule has 108 valence electrons. The molecule has 0 bridgehead atoms. The van der Waals surface area contributed by atoms with Crippen LogP contribution in [0.25, 0.3) is 5.65 Å². The van der Waals surface area contributed by atoms with E-state index in [1.54, 1.807) is 0 Å². The van der Waals surface area contributed by atoms with Crippen LogP contribution in [-0.4, -0.2) is 32.1 Å². The zero-order chi connectivity index (χ0) is 14.1. The minimum absolute atomic E-state index is 0.352. The fourth-order valence-electron chi connectivity index (χ4n) is 3.05. The van der Waals surface area contributed by atoms with E-state index in [0.29, 0.717) is 18.6 Å². The van der Waals surface area contributed by atoms with Crippen LogP contribution >= 0.6 is 0 Å². The molecule has 1 atom stereocenters. The topological polar surface area (TPSA) is 59.5 Å².